The summed E-state index contributed by atoms with van der Waals surface area (Å²) in [6.45, 7) is 10.9. The molecule has 0 aliphatic rings. The number of nitrogens with one attached hydrogen (secondary N) is 1. The molecule has 1 aromatic heterocycles. The summed E-state index contributed by atoms with van der Waals surface area (Å²) >= 11 is 6.17. The predicted molar refractivity (Wildman–Crippen MR) is 82.3 cm³/mol. The number of aromatic nitrogens is 2. The SMILES string of the molecule is CCN(CC(=O)NC(C)C)c1ncnc(Cl)c1C(C)C. The fourth-order valence-electron chi connectivity index (χ4n) is 1.99. The van der Waals surface area contributed by atoms with E-state index in [1.165, 1.54) is 6.33 Å². The second kappa shape index (κ2) is 7.43. The lowest BCUT2D eigenvalue weighted by Crippen LogP contribution is -2.40. The summed E-state index contributed by atoms with van der Waals surface area (Å²) in [4.78, 5) is 22.2. The Labute approximate surface area is 125 Å². The van der Waals surface area contributed by atoms with Gasteiger partial charge < -0.3 is 10.2 Å². The van der Waals surface area contributed by atoms with Crippen LogP contribution >= 0.6 is 11.6 Å². The van der Waals surface area contributed by atoms with Crippen molar-refractivity contribution in [2.24, 2.45) is 0 Å². The monoisotopic (exact) mass is 298 g/mol. The van der Waals surface area contributed by atoms with Gasteiger partial charge in [0, 0.05) is 18.2 Å². The Balaban J connectivity index is 3.01. The van der Waals surface area contributed by atoms with Gasteiger partial charge in [0.05, 0.1) is 6.54 Å². The first-order valence-corrected chi connectivity index (χ1v) is 7.29. The molecule has 0 saturated heterocycles. The van der Waals surface area contributed by atoms with E-state index in [9.17, 15) is 4.79 Å². The number of anilines is 1. The van der Waals surface area contributed by atoms with E-state index in [4.69, 9.17) is 11.6 Å². The zero-order chi connectivity index (χ0) is 15.3. The summed E-state index contributed by atoms with van der Waals surface area (Å²) in [5, 5.41) is 3.34. The first-order valence-electron chi connectivity index (χ1n) is 6.91. The topological polar surface area (TPSA) is 58.1 Å². The Morgan fingerprint density at radius 1 is 1.35 bits per heavy atom. The van der Waals surface area contributed by atoms with Gasteiger partial charge in [0.2, 0.25) is 5.91 Å². The number of hydrogen-bond donors (Lipinski definition) is 1. The van der Waals surface area contributed by atoms with Gasteiger partial charge in [-0.25, -0.2) is 9.97 Å². The average Bonchev–Trinajstić information content (AvgIpc) is 2.34. The quantitative estimate of drug-likeness (QED) is 0.820. The van der Waals surface area contributed by atoms with Gasteiger partial charge in [-0.3, -0.25) is 4.79 Å². The first-order chi connectivity index (χ1) is 9.36. The van der Waals surface area contributed by atoms with Crippen LogP contribution in [0.1, 0.15) is 46.1 Å². The van der Waals surface area contributed by atoms with E-state index in [2.05, 4.69) is 15.3 Å². The highest BCUT2D eigenvalue weighted by Gasteiger charge is 2.20. The van der Waals surface area contributed by atoms with Crippen molar-refractivity contribution >= 4 is 23.3 Å². The van der Waals surface area contributed by atoms with Gasteiger partial charge in [0.15, 0.2) is 0 Å². The van der Waals surface area contributed by atoms with Crippen LogP contribution in [0.15, 0.2) is 6.33 Å². The highest BCUT2D eigenvalue weighted by molar-refractivity contribution is 6.30. The minimum absolute atomic E-state index is 0.0220. The van der Waals surface area contributed by atoms with Gasteiger partial charge in [-0.05, 0) is 26.7 Å². The molecule has 0 aliphatic heterocycles. The van der Waals surface area contributed by atoms with Crippen molar-refractivity contribution in [2.45, 2.75) is 46.6 Å². The van der Waals surface area contributed by atoms with Crippen LogP contribution in [-0.4, -0.2) is 35.0 Å². The van der Waals surface area contributed by atoms with Crippen molar-refractivity contribution in [3.05, 3.63) is 17.0 Å². The third-order valence-corrected chi connectivity index (χ3v) is 3.16. The van der Waals surface area contributed by atoms with Crippen molar-refractivity contribution < 1.29 is 4.79 Å². The number of likely N-dealkylation sites (N-methyl/N-ethyl adjacent to an activating group) is 1. The summed E-state index contributed by atoms with van der Waals surface area (Å²) < 4.78 is 0. The minimum Gasteiger partial charge on any atom is -0.352 e. The van der Waals surface area contributed by atoms with Crippen molar-refractivity contribution in [2.75, 3.05) is 18.0 Å². The molecule has 0 aliphatic carbocycles. The molecular weight excluding hydrogens is 276 g/mol. The molecule has 0 atom stereocenters. The van der Waals surface area contributed by atoms with E-state index < -0.39 is 0 Å². The molecule has 0 aromatic carbocycles. The van der Waals surface area contributed by atoms with Crippen molar-refractivity contribution in [3.8, 4) is 0 Å². The fourth-order valence-corrected chi connectivity index (χ4v) is 2.34. The molecule has 6 heteroatoms. The number of amides is 1. The Hall–Kier alpha value is -1.36. The van der Waals surface area contributed by atoms with Gasteiger partial charge in [0.1, 0.15) is 17.3 Å². The van der Waals surface area contributed by atoms with Crippen LogP contribution in [0, 0.1) is 0 Å². The third-order valence-electron chi connectivity index (χ3n) is 2.86. The number of hydrogen-bond acceptors (Lipinski definition) is 4. The molecule has 0 spiro atoms. The maximum Gasteiger partial charge on any atom is 0.239 e. The zero-order valence-electron chi connectivity index (χ0n) is 12.8. The molecule has 5 nitrogen and oxygen atoms in total. The number of carbonyl (C=O) groups excluding carboxylic acids is 1. The van der Waals surface area contributed by atoms with Crippen LogP contribution in [0.4, 0.5) is 5.82 Å². The molecule has 0 saturated carbocycles. The molecule has 1 rings (SSSR count). The Morgan fingerprint density at radius 2 is 2.00 bits per heavy atom. The first kappa shape index (κ1) is 16.7. The Kier molecular flexibility index (Phi) is 6.20. The van der Waals surface area contributed by atoms with Crippen LogP contribution < -0.4 is 10.2 Å². The molecule has 1 amide bonds. The van der Waals surface area contributed by atoms with Crippen molar-refractivity contribution in [3.63, 3.8) is 0 Å². The van der Waals surface area contributed by atoms with Crippen LogP contribution in [-0.2, 0) is 4.79 Å². The van der Waals surface area contributed by atoms with E-state index >= 15 is 0 Å². The number of nitrogens with zero attached hydrogens (tertiary/aromatic N) is 3. The van der Waals surface area contributed by atoms with Crippen molar-refractivity contribution in [1.29, 1.82) is 0 Å². The second-order valence-electron chi connectivity index (χ2n) is 5.29. The van der Waals surface area contributed by atoms with Gasteiger partial charge in [0.25, 0.3) is 0 Å². The van der Waals surface area contributed by atoms with Gasteiger partial charge in [-0.2, -0.15) is 0 Å². The number of carbonyl (C=O) groups is 1. The largest absolute Gasteiger partial charge is 0.352 e. The number of rotatable bonds is 6. The number of halogens is 1. The van der Waals surface area contributed by atoms with E-state index in [0.29, 0.717) is 11.7 Å². The summed E-state index contributed by atoms with van der Waals surface area (Å²) in [6, 6.07) is 0.125. The maximum atomic E-state index is 11.9. The van der Waals surface area contributed by atoms with Crippen LogP contribution in [0.3, 0.4) is 0 Å². The smallest absolute Gasteiger partial charge is 0.239 e. The lowest BCUT2D eigenvalue weighted by Gasteiger charge is -2.25. The predicted octanol–water partition coefficient (Wildman–Crippen LogP) is 2.60. The standard InChI is InChI=1S/C14H23ClN4O/c1-6-19(7-11(20)18-10(4)5)14-12(9(2)3)13(15)16-8-17-14/h8-10H,6-7H2,1-5H3,(H,18,20). The highest BCUT2D eigenvalue weighted by Crippen LogP contribution is 2.30. The molecule has 0 radical (unpaired) electrons. The van der Waals surface area contributed by atoms with E-state index in [0.717, 1.165) is 11.4 Å². The summed E-state index contributed by atoms with van der Waals surface area (Å²) in [5.74, 6) is 0.911. The normalized spacial score (nSPS) is 11.0. The van der Waals surface area contributed by atoms with Gasteiger partial charge >= 0.3 is 0 Å². The molecule has 1 aromatic rings. The molecule has 1 N–H and O–H groups in total. The van der Waals surface area contributed by atoms with E-state index in [1.54, 1.807) is 0 Å². The van der Waals surface area contributed by atoms with Crippen LogP contribution in [0.5, 0.6) is 0 Å². The molecule has 0 fully saturated rings. The Bertz CT molecular complexity index is 462. The average molecular weight is 299 g/mol. The van der Waals surface area contributed by atoms with Crippen LogP contribution in [0.25, 0.3) is 0 Å². The van der Waals surface area contributed by atoms with E-state index in [-0.39, 0.29) is 24.4 Å². The lowest BCUT2D eigenvalue weighted by atomic mass is 10.1. The van der Waals surface area contributed by atoms with Gasteiger partial charge in [-0.1, -0.05) is 25.4 Å². The van der Waals surface area contributed by atoms with Crippen LogP contribution in [0.2, 0.25) is 5.15 Å². The molecule has 112 valence electrons. The second-order valence-corrected chi connectivity index (χ2v) is 5.65. The zero-order valence-corrected chi connectivity index (χ0v) is 13.5. The summed E-state index contributed by atoms with van der Waals surface area (Å²) in [7, 11) is 0. The summed E-state index contributed by atoms with van der Waals surface area (Å²) in [6.07, 6.45) is 1.44. The van der Waals surface area contributed by atoms with Gasteiger partial charge in [-0.15, -0.1) is 0 Å². The fraction of sp³-hybridized carbons (Fsp3) is 0.643. The summed E-state index contributed by atoms with van der Waals surface area (Å²) in [5.41, 5.74) is 0.883. The van der Waals surface area contributed by atoms with Crippen molar-refractivity contribution in [1.82, 2.24) is 15.3 Å². The third kappa shape index (κ3) is 4.34. The molecule has 0 unspecified atom stereocenters. The van der Waals surface area contributed by atoms with E-state index in [1.807, 2.05) is 39.5 Å². The lowest BCUT2D eigenvalue weighted by molar-refractivity contribution is -0.120. The molecule has 20 heavy (non-hydrogen) atoms. The minimum atomic E-state index is -0.0220. The Morgan fingerprint density at radius 3 is 2.50 bits per heavy atom. The molecule has 0 bridgehead atoms. The highest BCUT2D eigenvalue weighted by atomic mass is 35.5. The molecular formula is C14H23ClN4O. The molecule has 1 heterocycles. The maximum absolute atomic E-state index is 11.9.